The fraction of sp³-hybridized carbons (Fsp3) is 0.625. The Morgan fingerprint density at radius 3 is 2.55 bits per heavy atom. The number of rotatable bonds is 8. The second kappa shape index (κ2) is 8.36. The normalized spacial score (nSPS) is 29.9. The molecule has 4 aliphatic carbocycles. The standard InChI is InChI=1S/C24H32N4O3/c1-31-7-6-28(14-21-25-20-5-3-2-4-19(20)23(30)26-21)15-22(29)27-24-11-16-8-17(12-24)10-18(9-16)13-24/h2-5,16-18H,6-15H2,1H3,(H,27,29)(H,25,26,30)/p+1. The fourth-order valence-electron chi connectivity index (χ4n) is 6.77. The Bertz CT molecular complexity index is 982. The van der Waals surface area contributed by atoms with Crippen molar-refractivity contribution in [2.75, 3.05) is 26.8 Å². The van der Waals surface area contributed by atoms with E-state index in [4.69, 9.17) is 4.74 Å². The van der Waals surface area contributed by atoms with Crippen molar-refractivity contribution >= 4 is 16.8 Å². The summed E-state index contributed by atoms with van der Waals surface area (Å²) in [5, 5.41) is 4.05. The number of para-hydroxylation sites is 1. The molecule has 1 unspecified atom stereocenters. The summed E-state index contributed by atoms with van der Waals surface area (Å²) in [6.07, 6.45) is 7.54. The van der Waals surface area contributed by atoms with Crippen molar-refractivity contribution < 1.29 is 14.4 Å². The van der Waals surface area contributed by atoms with Crippen molar-refractivity contribution in [3.8, 4) is 0 Å². The number of hydrogen-bond acceptors (Lipinski definition) is 4. The van der Waals surface area contributed by atoms with Crippen LogP contribution >= 0.6 is 0 Å². The van der Waals surface area contributed by atoms with E-state index in [0.29, 0.717) is 43.0 Å². The molecule has 7 heteroatoms. The van der Waals surface area contributed by atoms with Crippen LogP contribution in [0, 0.1) is 17.8 Å². The van der Waals surface area contributed by atoms with Crippen LogP contribution in [0.15, 0.2) is 29.1 Å². The van der Waals surface area contributed by atoms with Gasteiger partial charge in [0.2, 0.25) is 0 Å². The zero-order chi connectivity index (χ0) is 21.4. The number of quaternary nitrogens is 1. The van der Waals surface area contributed by atoms with Gasteiger partial charge in [0.15, 0.2) is 12.4 Å². The summed E-state index contributed by atoms with van der Waals surface area (Å²) in [5.41, 5.74) is 0.573. The molecule has 0 aliphatic heterocycles. The number of nitrogens with zero attached hydrogens (tertiary/aromatic N) is 1. The van der Waals surface area contributed by atoms with Crippen LogP contribution < -0.4 is 15.8 Å². The molecule has 166 valence electrons. The molecule has 0 spiro atoms. The van der Waals surface area contributed by atoms with E-state index in [2.05, 4.69) is 15.3 Å². The number of hydrogen-bond donors (Lipinski definition) is 3. The van der Waals surface area contributed by atoms with Gasteiger partial charge in [0.1, 0.15) is 13.1 Å². The summed E-state index contributed by atoms with van der Waals surface area (Å²) in [4.78, 5) is 34.1. The van der Waals surface area contributed by atoms with E-state index in [9.17, 15) is 9.59 Å². The Labute approximate surface area is 182 Å². The zero-order valence-electron chi connectivity index (χ0n) is 18.3. The minimum atomic E-state index is -0.135. The number of carbonyl (C=O) groups is 1. The highest BCUT2D eigenvalue weighted by Crippen LogP contribution is 2.55. The number of carbonyl (C=O) groups excluding carboxylic acids is 1. The molecule has 4 saturated carbocycles. The molecule has 31 heavy (non-hydrogen) atoms. The van der Waals surface area contributed by atoms with Gasteiger partial charge >= 0.3 is 0 Å². The summed E-state index contributed by atoms with van der Waals surface area (Å²) in [6.45, 7) is 2.08. The van der Waals surface area contributed by atoms with E-state index in [1.165, 1.54) is 19.3 Å². The molecule has 1 atom stereocenters. The highest BCUT2D eigenvalue weighted by atomic mass is 16.5. The number of amides is 1. The SMILES string of the molecule is COCC[NH+](CC(=O)NC12CC3CC(CC(C3)C1)C2)Cc1nc2ccccc2c(=O)[nH]1. The molecule has 1 aromatic heterocycles. The van der Waals surface area contributed by atoms with Gasteiger partial charge in [-0.3, -0.25) is 9.59 Å². The summed E-state index contributed by atoms with van der Waals surface area (Å²) >= 11 is 0. The van der Waals surface area contributed by atoms with E-state index in [1.54, 1.807) is 13.2 Å². The molecule has 6 rings (SSSR count). The van der Waals surface area contributed by atoms with Crippen LogP contribution in [-0.2, 0) is 16.1 Å². The number of benzene rings is 1. The monoisotopic (exact) mass is 425 g/mol. The number of nitrogens with one attached hydrogen (secondary N) is 3. The van der Waals surface area contributed by atoms with E-state index in [0.717, 1.165) is 41.9 Å². The Morgan fingerprint density at radius 2 is 1.87 bits per heavy atom. The molecule has 4 fully saturated rings. The van der Waals surface area contributed by atoms with Crippen LogP contribution in [0.25, 0.3) is 10.9 Å². The average molecular weight is 426 g/mol. The third-order valence-corrected chi connectivity index (χ3v) is 7.59. The topological polar surface area (TPSA) is 88.5 Å². The maximum atomic E-state index is 13.1. The number of H-pyrrole nitrogens is 1. The van der Waals surface area contributed by atoms with Crippen LogP contribution in [0.5, 0.6) is 0 Å². The van der Waals surface area contributed by atoms with Crippen LogP contribution in [0.3, 0.4) is 0 Å². The predicted molar refractivity (Wildman–Crippen MR) is 118 cm³/mol. The molecule has 2 aromatic rings. The van der Waals surface area contributed by atoms with Crippen LogP contribution in [0.4, 0.5) is 0 Å². The maximum absolute atomic E-state index is 13.1. The Balaban J connectivity index is 1.28. The fourth-order valence-corrected chi connectivity index (χ4v) is 6.77. The lowest BCUT2D eigenvalue weighted by atomic mass is 9.53. The van der Waals surface area contributed by atoms with Gasteiger partial charge in [-0.1, -0.05) is 12.1 Å². The molecule has 0 radical (unpaired) electrons. The molecular formula is C24H33N4O3+. The third-order valence-electron chi connectivity index (χ3n) is 7.59. The first-order valence-electron chi connectivity index (χ1n) is 11.6. The maximum Gasteiger partial charge on any atom is 0.275 e. The number of aromatic amines is 1. The molecule has 3 N–H and O–H groups in total. The first-order chi connectivity index (χ1) is 15.0. The van der Waals surface area contributed by atoms with Gasteiger partial charge in [-0.15, -0.1) is 0 Å². The molecule has 4 bridgehead atoms. The van der Waals surface area contributed by atoms with Gasteiger partial charge in [0.25, 0.3) is 11.5 Å². The van der Waals surface area contributed by atoms with Crippen molar-refractivity contribution in [1.82, 2.24) is 15.3 Å². The molecule has 1 heterocycles. The Hall–Kier alpha value is -2.25. The van der Waals surface area contributed by atoms with Crippen molar-refractivity contribution in [3.63, 3.8) is 0 Å². The lowest BCUT2D eigenvalue weighted by Gasteiger charge is -2.56. The summed E-state index contributed by atoms with van der Waals surface area (Å²) in [5.74, 6) is 3.12. The Kier molecular flexibility index (Phi) is 5.56. The van der Waals surface area contributed by atoms with E-state index < -0.39 is 0 Å². The summed E-state index contributed by atoms with van der Waals surface area (Å²) in [7, 11) is 1.67. The average Bonchev–Trinajstić information content (AvgIpc) is 2.70. The molecule has 4 aliphatic rings. The number of ether oxygens (including phenoxy) is 1. The number of methoxy groups -OCH3 is 1. The van der Waals surface area contributed by atoms with Gasteiger partial charge in [-0.05, 0) is 68.4 Å². The molecule has 1 aromatic carbocycles. The van der Waals surface area contributed by atoms with E-state index in [-0.39, 0.29) is 17.0 Å². The highest BCUT2D eigenvalue weighted by molar-refractivity contribution is 5.78. The van der Waals surface area contributed by atoms with Gasteiger partial charge < -0.3 is 19.9 Å². The van der Waals surface area contributed by atoms with Gasteiger partial charge in [-0.2, -0.15) is 0 Å². The van der Waals surface area contributed by atoms with E-state index in [1.807, 2.05) is 18.2 Å². The van der Waals surface area contributed by atoms with Gasteiger partial charge in [-0.25, -0.2) is 4.98 Å². The van der Waals surface area contributed by atoms with Crippen LogP contribution in [0.1, 0.15) is 44.3 Å². The van der Waals surface area contributed by atoms with Gasteiger partial charge in [0.05, 0.1) is 17.5 Å². The zero-order valence-corrected chi connectivity index (χ0v) is 18.3. The molecule has 1 amide bonds. The van der Waals surface area contributed by atoms with Crippen LogP contribution in [-0.4, -0.2) is 48.2 Å². The van der Waals surface area contributed by atoms with Crippen LogP contribution in [0.2, 0.25) is 0 Å². The quantitative estimate of drug-likeness (QED) is 0.590. The molecule has 7 nitrogen and oxygen atoms in total. The third kappa shape index (κ3) is 4.39. The second-order valence-electron chi connectivity index (χ2n) is 10.1. The lowest BCUT2D eigenvalue weighted by molar-refractivity contribution is -0.907. The highest BCUT2D eigenvalue weighted by Gasteiger charge is 2.51. The first-order valence-corrected chi connectivity index (χ1v) is 11.6. The Morgan fingerprint density at radius 1 is 1.19 bits per heavy atom. The number of aromatic nitrogens is 2. The first kappa shape index (κ1) is 20.6. The van der Waals surface area contributed by atoms with Gasteiger partial charge in [0, 0.05) is 12.6 Å². The van der Waals surface area contributed by atoms with Crippen molar-refractivity contribution in [2.45, 2.75) is 50.6 Å². The van der Waals surface area contributed by atoms with Crippen molar-refractivity contribution in [3.05, 3.63) is 40.4 Å². The number of fused-ring (bicyclic) bond motifs is 1. The van der Waals surface area contributed by atoms with Crippen molar-refractivity contribution in [2.24, 2.45) is 17.8 Å². The van der Waals surface area contributed by atoms with Crippen molar-refractivity contribution in [1.29, 1.82) is 0 Å². The predicted octanol–water partition coefficient (Wildman–Crippen LogP) is 1.04. The summed E-state index contributed by atoms with van der Waals surface area (Å²) < 4.78 is 5.27. The largest absolute Gasteiger partial charge is 0.379 e. The second-order valence-corrected chi connectivity index (χ2v) is 10.1. The lowest BCUT2D eigenvalue weighted by Crippen LogP contribution is -3.12. The minimum absolute atomic E-state index is 0.0215. The minimum Gasteiger partial charge on any atom is -0.379 e. The molecule has 0 saturated heterocycles. The molecular weight excluding hydrogens is 392 g/mol. The summed E-state index contributed by atoms with van der Waals surface area (Å²) in [6, 6.07) is 7.35. The smallest absolute Gasteiger partial charge is 0.275 e. The van der Waals surface area contributed by atoms with E-state index >= 15 is 0 Å².